The number of anilines is 2. The number of nitrogen functional groups attached to an aromatic ring is 1. The maximum absolute atomic E-state index is 11.0. The van der Waals surface area contributed by atoms with E-state index in [2.05, 4.69) is 20.6 Å². The van der Waals surface area contributed by atoms with Crippen LogP contribution in [0.3, 0.4) is 0 Å². The van der Waals surface area contributed by atoms with Gasteiger partial charge in [0.05, 0.1) is 6.54 Å². The smallest absolute Gasteiger partial charge is 0.239 e. The summed E-state index contributed by atoms with van der Waals surface area (Å²) in [5.74, 6) is 1.53. The van der Waals surface area contributed by atoms with Crippen molar-refractivity contribution in [3.8, 4) is 0 Å². The van der Waals surface area contributed by atoms with E-state index in [0.29, 0.717) is 23.9 Å². The number of aromatic nitrogens is 2. The molecule has 0 aliphatic rings. The molecule has 0 aliphatic carbocycles. The first kappa shape index (κ1) is 11.2. The predicted molar refractivity (Wildman–Crippen MR) is 58.4 cm³/mol. The van der Waals surface area contributed by atoms with E-state index < -0.39 is 0 Å². The van der Waals surface area contributed by atoms with E-state index in [1.54, 1.807) is 13.1 Å². The van der Waals surface area contributed by atoms with Crippen molar-refractivity contribution in [2.45, 2.75) is 13.3 Å². The molecule has 0 bridgehead atoms. The zero-order valence-electron chi connectivity index (χ0n) is 8.87. The number of carbonyl (C=O) groups is 1. The van der Waals surface area contributed by atoms with Crippen LogP contribution in [-0.4, -0.2) is 29.5 Å². The highest BCUT2D eigenvalue weighted by Crippen LogP contribution is 2.07. The van der Waals surface area contributed by atoms with Crippen LogP contribution in [0.2, 0.25) is 0 Å². The molecule has 1 aromatic rings. The van der Waals surface area contributed by atoms with Crippen LogP contribution in [0.25, 0.3) is 0 Å². The third kappa shape index (κ3) is 3.41. The van der Waals surface area contributed by atoms with Gasteiger partial charge in [-0.05, 0) is 0 Å². The number of amides is 1. The molecule has 0 unspecified atom stereocenters. The lowest BCUT2D eigenvalue weighted by atomic mass is 10.4. The molecule has 6 heteroatoms. The Kier molecular flexibility index (Phi) is 3.84. The second-order valence-electron chi connectivity index (χ2n) is 2.97. The molecule has 1 rings (SSSR count). The van der Waals surface area contributed by atoms with Gasteiger partial charge in [-0.25, -0.2) is 9.97 Å². The van der Waals surface area contributed by atoms with Crippen LogP contribution < -0.4 is 16.4 Å². The summed E-state index contributed by atoms with van der Waals surface area (Å²) in [6.45, 7) is 2.12. The van der Waals surface area contributed by atoms with Gasteiger partial charge in [0.1, 0.15) is 17.5 Å². The van der Waals surface area contributed by atoms with Gasteiger partial charge in [0.25, 0.3) is 0 Å². The van der Waals surface area contributed by atoms with Crippen molar-refractivity contribution in [2.75, 3.05) is 24.6 Å². The molecule has 1 heterocycles. The summed E-state index contributed by atoms with van der Waals surface area (Å²) < 4.78 is 0. The van der Waals surface area contributed by atoms with Gasteiger partial charge in [-0.2, -0.15) is 0 Å². The zero-order valence-corrected chi connectivity index (χ0v) is 8.87. The van der Waals surface area contributed by atoms with E-state index in [1.165, 1.54) is 0 Å². The van der Waals surface area contributed by atoms with Gasteiger partial charge in [0.15, 0.2) is 0 Å². The Hall–Kier alpha value is -1.85. The maximum Gasteiger partial charge on any atom is 0.239 e. The minimum absolute atomic E-state index is 0.106. The molecular weight excluding hydrogens is 194 g/mol. The van der Waals surface area contributed by atoms with Crippen LogP contribution in [0.5, 0.6) is 0 Å². The molecule has 82 valence electrons. The molecule has 0 fully saturated rings. The van der Waals surface area contributed by atoms with Crippen LogP contribution in [0, 0.1) is 0 Å². The lowest BCUT2D eigenvalue weighted by molar-refractivity contribution is -0.118. The lowest BCUT2D eigenvalue weighted by Crippen LogP contribution is -2.26. The number of likely N-dealkylation sites (N-methyl/N-ethyl adjacent to an activating group) is 1. The van der Waals surface area contributed by atoms with Crippen LogP contribution in [0.1, 0.15) is 12.7 Å². The Balaban J connectivity index is 2.68. The fraction of sp³-hybridized carbons (Fsp3) is 0.444. The first-order chi connectivity index (χ1) is 7.15. The summed E-state index contributed by atoms with van der Waals surface area (Å²) >= 11 is 0. The highest BCUT2D eigenvalue weighted by molar-refractivity contribution is 5.80. The average Bonchev–Trinajstić information content (AvgIpc) is 2.25. The van der Waals surface area contributed by atoms with Gasteiger partial charge in [0.2, 0.25) is 5.91 Å². The molecule has 0 spiro atoms. The maximum atomic E-state index is 11.0. The number of carbonyl (C=O) groups excluding carboxylic acids is 1. The minimum Gasteiger partial charge on any atom is -0.384 e. The normalized spacial score (nSPS) is 9.73. The summed E-state index contributed by atoms with van der Waals surface area (Å²) in [4.78, 5) is 19.2. The largest absolute Gasteiger partial charge is 0.384 e. The van der Waals surface area contributed by atoms with Gasteiger partial charge in [0, 0.05) is 19.5 Å². The van der Waals surface area contributed by atoms with E-state index >= 15 is 0 Å². The fourth-order valence-corrected chi connectivity index (χ4v) is 1.03. The van der Waals surface area contributed by atoms with Crippen LogP contribution in [0.4, 0.5) is 11.6 Å². The predicted octanol–water partition coefficient (Wildman–Crippen LogP) is -0.221. The molecule has 0 radical (unpaired) electrons. The standard InChI is InChI=1S/C9H15N5O/c1-3-7-13-6(10)4-8(14-7)12-5-9(15)11-2/h4H,3,5H2,1-2H3,(H,11,15)(H3,10,12,13,14). The number of hydrogen-bond acceptors (Lipinski definition) is 5. The number of hydrogen-bond donors (Lipinski definition) is 3. The van der Waals surface area contributed by atoms with Gasteiger partial charge >= 0.3 is 0 Å². The van der Waals surface area contributed by atoms with Crippen molar-refractivity contribution in [2.24, 2.45) is 0 Å². The SMILES string of the molecule is CCc1nc(N)cc(NCC(=O)NC)n1. The van der Waals surface area contributed by atoms with Crippen molar-refractivity contribution < 1.29 is 4.79 Å². The molecule has 0 aromatic carbocycles. The number of nitrogens with two attached hydrogens (primary N) is 1. The summed E-state index contributed by atoms with van der Waals surface area (Å²) in [7, 11) is 1.58. The van der Waals surface area contributed by atoms with Crippen molar-refractivity contribution in [3.05, 3.63) is 11.9 Å². The Morgan fingerprint density at radius 3 is 2.87 bits per heavy atom. The monoisotopic (exact) mass is 209 g/mol. The third-order valence-electron chi connectivity index (χ3n) is 1.82. The van der Waals surface area contributed by atoms with E-state index in [1.807, 2.05) is 6.92 Å². The Morgan fingerprint density at radius 1 is 1.53 bits per heavy atom. The Bertz CT molecular complexity index is 352. The van der Waals surface area contributed by atoms with Crippen molar-refractivity contribution in [1.29, 1.82) is 0 Å². The summed E-state index contributed by atoms with van der Waals surface area (Å²) in [5.41, 5.74) is 5.58. The van der Waals surface area contributed by atoms with E-state index in [9.17, 15) is 4.79 Å². The van der Waals surface area contributed by atoms with Crippen LogP contribution in [0.15, 0.2) is 6.07 Å². The van der Waals surface area contributed by atoms with Gasteiger partial charge in [-0.1, -0.05) is 6.92 Å². The first-order valence-electron chi connectivity index (χ1n) is 4.73. The molecule has 0 aliphatic heterocycles. The second-order valence-corrected chi connectivity index (χ2v) is 2.97. The van der Waals surface area contributed by atoms with Crippen molar-refractivity contribution in [3.63, 3.8) is 0 Å². The second kappa shape index (κ2) is 5.14. The molecule has 0 saturated carbocycles. The molecule has 6 nitrogen and oxygen atoms in total. The van der Waals surface area contributed by atoms with Crippen molar-refractivity contribution in [1.82, 2.24) is 15.3 Å². The van der Waals surface area contributed by atoms with Gasteiger partial charge < -0.3 is 16.4 Å². The zero-order chi connectivity index (χ0) is 11.3. The topological polar surface area (TPSA) is 92.9 Å². The number of aryl methyl sites for hydroxylation is 1. The van der Waals surface area contributed by atoms with Crippen LogP contribution >= 0.6 is 0 Å². The van der Waals surface area contributed by atoms with Crippen LogP contribution in [-0.2, 0) is 11.2 Å². The van der Waals surface area contributed by atoms with E-state index in [-0.39, 0.29) is 12.5 Å². The highest BCUT2D eigenvalue weighted by atomic mass is 16.1. The van der Waals surface area contributed by atoms with E-state index in [0.717, 1.165) is 0 Å². The number of nitrogens with zero attached hydrogens (tertiary/aromatic N) is 2. The molecule has 0 saturated heterocycles. The van der Waals surface area contributed by atoms with Gasteiger partial charge in [-0.3, -0.25) is 4.79 Å². The van der Waals surface area contributed by atoms with E-state index in [4.69, 9.17) is 5.73 Å². The summed E-state index contributed by atoms with van der Waals surface area (Å²) in [6.07, 6.45) is 0.708. The Labute approximate surface area is 88.3 Å². The summed E-state index contributed by atoms with van der Waals surface area (Å²) in [6, 6.07) is 1.60. The quantitative estimate of drug-likeness (QED) is 0.637. The fourth-order valence-electron chi connectivity index (χ4n) is 1.03. The minimum atomic E-state index is -0.106. The number of rotatable bonds is 4. The number of nitrogens with one attached hydrogen (secondary N) is 2. The summed E-state index contributed by atoms with van der Waals surface area (Å²) in [5, 5.41) is 5.37. The Morgan fingerprint density at radius 2 is 2.27 bits per heavy atom. The highest BCUT2D eigenvalue weighted by Gasteiger charge is 2.02. The lowest BCUT2D eigenvalue weighted by Gasteiger charge is -2.06. The third-order valence-corrected chi connectivity index (χ3v) is 1.82. The molecule has 15 heavy (non-hydrogen) atoms. The molecular formula is C9H15N5O. The average molecular weight is 209 g/mol. The van der Waals surface area contributed by atoms with Crippen molar-refractivity contribution >= 4 is 17.5 Å². The molecule has 0 atom stereocenters. The molecule has 1 amide bonds. The molecule has 4 N–H and O–H groups in total. The molecule has 1 aromatic heterocycles. The first-order valence-corrected chi connectivity index (χ1v) is 4.73. The van der Waals surface area contributed by atoms with Gasteiger partial charge in [-0.15, -0.1) is 0 Å².